The molecule has 14 heavy (non-hydrogen) atoms. The highest BCUT2D eigenvalue weighted by Gasteiger charge is 2.18. The average molecular weight is 218 g/mol. The van der Waals surface area contributed by atoms with Crippen molar-refractivity contribution >= 4 is 18.4 Å². The minimum absolute atomic E-state index is 0. The van der Waals surface area contributed by atoms with E-state index < -0.39 is 12.0 Å². The van der Waals surface area contributed by atoms with Crippen LogP contribution in [-0.2, 0) is 9.63 Å². The molecule has 2 N–H and O–H groups in total. The molecule has 0 bridgehead atoms. The maximum absolute atomic E-state index is 10.7. The van der Waals surface area contributed by atoms with Crippen LogP contribution in [0.4, 0.5) is 0 Å². The third-order valence-corrected chi connectivity index (χ3v) is 1.62. The zero-order chi connectivity index (χ0) is 9.68. The summed E-state index contributed by atoms with van der Waals surface area (Å²) in [5.74, 6) is -0.965. The summed E-state index contributed by atoms with van der Waals surface area (Å²) < 4.78 is 0. The van der Waals surface area contributed by atoms with Gasteiger partial charge < -0.3 is 9.94 Å². The lowest BCUT2D eigenvalue weighted by Gasteiger charge is -2.12. The van der Waals surface area contributed by atoms with Crippen molar-refractivity contribution in [2.75, 3.05) is 7.11 Å². The fraction of sp³-hybridized carbons (Fsp3) is 0.222. The van der Waals surface area contributed by atoms with Crippen LogP contribution in [0, 0.1) is 0 Å². The van der Waals surface area contributed by atoms with E-state index in [0.29, 0.717) is 5.56 Å². The molecule has 1 atom stereocenters. The second-order valence-corrected chi connectivity index (χ2v) is 2.50. The molecule has 0 aliphatic rings. The molecule has 0 aromatic heterocycles. The molecule has 0 aliphatic heterocycles. The van der Waals surface area contributed by atoms with Crippen LogP contribution < -0.4 is 5.48 Å². The second-order valence-electron chi connectivity index (χ2n) is 2.50. The van der Waals surface area contributed by atoms with Crippen LogP contribution in [0.5, 0.6) is 0 Å². The van der Waals surface area contributed by atoms with Gasteiger partial charge in [0, 0.05) is 0 Å². The van der Waals surface area contributed by atoms with Gasteiger partial charge in [-0.3, -0.25) is 4.79 Å². The van der Waals surface area contributed by atoms with E-state index in [-0.39, 0.29) is 12.4 Å². The molecule has 1 unspecified atom stereocenters. The molecule has 1 rings (SSSR count). The molecule has 0 saturated heterocycles. The lowest BCUT2D eigenvalue weighted by atomic mass is 10.1. The van der Waals surface area contributed by atoms with E-state index in [9.17, 15) is 4.79 Å². The summed E-state index contributed by atoms with van der Waals surface area (Å²) in [4.78, 5) is 15.3. The predicted molar refractivity (Wildman–Crippen MR) is 54.2 cm³/mol. The lowest BCUT2D eigenvalue weighted by molar-refractivity contribution is -0.143. The molecule has 5 heteroatoms. The van der Waals surface area contributed by atoms with Crippen LogP contribution >= 0.6 is 12.4 Å². The van der Waals surface area contributed by atoms with Gasteiger partial charge in [-0.25, -0.2) is 0 Å². The molecule has 0 spiro atoms. The Kier molecular flexibility index (Phi) is 5.87. The molecule has 0 aliphatic carbocycles. The standard InChI is InChI=1S/C9H11NO3.ClH/c1-13-10-8(9(11)12)7-5-3-2-4-6-7;/h2-6,8,10H,1H3,(H,11,12);1H. The Morgan fingerprint density at radius 1 is 1.43 bits per heavy atom. The molecule has 0 fully saturated rings. The highest BCUT2D eigenvalue weighted by Crippen LogP contribution is 2.11. The fourth-order valence-electron chi connectivity index (χ4n) is 1.02. The van der Waals surface area contributed by atoms with E-state index in [2.05, 4.69) is 10.3 Å². The predicted octanol–water partition coefficient (Wildman–Crippen LogP) is 1.39. The molecule has 0 saturated carbocycles. The number of hydrogen-bond acceptors (Lipinski definition) is 3. The lowest BCUT2D eigenvalue weighted by Crippen LogP contribution is -2.27. The number of carbonyl (C=O) groups is 1. The fourth-order valence-corrected chi connectivity index (χ4v) is 1.02. The highest BCUT2D eigenvalue weighted by molar-refractivity contribution is 5.85. The second kappa shape index (κ2) is 6.37. The Hall–Kier alpha value is -1.10. The first kappa shape index (κ1) is 12.9. The third-order valence-electron chi connectivity index (χ3n) is 1.62. The normalized spacial score (nSPS) is 11.5. The van der Waals surface area contributed by atoms with E-state index in [1.807, 2.05) is 6.07 Å². The van der Waals surface area contributed by atoms with E-state index >= 15 is 0 Å². The van der Waals surface area contributed by atoms with Crippen molar-refractivity contribution in [3.8, 4) is 0 Å². The van der Waals surface area contributed by atoms with Gasteiger partial charge >= 0.3 is 5.97 Å². The minimum Gasteiger partial charge on any atom is -0.480 e. The molecule has 0 amide bonds. The monoisotopic (exact) mass is 217 g/mol. The molecular weight excluding hydrogens is 206 g/mol. The smallest absolute Gasteiger partial charge is 0.327 e. The van der Waals surface area contributed by atoms with Crippen LogP contribution in [0.1, 0.15) is 11.6 Å². The molecule has 1 aromatic rings. The third kappa shape index (κ3) is 3.33. The number of hydrogen-bond donors (Lipinski definition) is 2. The highest BCUT2D eigenvalue weighted by atomic mass is 35.5. The maximum atomic E-state index is 10.7. The summed E-state index contributed by atoms with van der Waals surface area (Å²) in [6.07, 6.45) is 0. The van der Waals surface area contributed by atoms with Crippen LogP contribution in [-0.4, -0.2) is 18.2 Å². The topological polar surface area (TPSA) is 58.6 Å². The molecular formula is C9H12ClNO3. The first-order valence-electron chi connectivity index (χ1n) is 3.82. The van der Waals surface area contributed by atoms with Gasteiger partial charge in [-0.05, 0) is 5.56 Å². The van der Waals surface area contributed by atoms with Gasteiger partial charge in [0.15, 0.2) is 6.04 Å². The number of benzene rings is 1. The Labute approximate surface area is 88.3 Å². The van der Waals surface area contributed by atoms with Crippen LogP contribution in [0.3, 0.4) is 0 Å². The van der Waals surface area contributed by atoms with Crippen LogP contribution in [0.15, 0.2) is 30.3 Å². The van der Waals surface area contributed by atoms with E-state index in [1.165, 1.54) is 7.11 Å². The van der Waals surface area contributed by atoms with E-state index in [1.54, 1.807) is 24.3 Å². The van der Waals surface area contributed by atoms with Gasteiger partial charge in [0.05, 0.1) is 7.11 Å². The maximum Gasteiger partial charge on any atom is 0.327 e. The Balaban J connectivity index is 0.00000169. The number of nitrogens with one attached hydrogen (secondary N) is 1. The molecule has 1 aromatic carbocycles. The van der Waals surface area contributed by atoms with Crippen molar-refractivity contribution in [1.82, 2.24) is 5.48 Å². The SMILES string of the molecule is CONC(C(=O)O)c1ccccc1.Cl. The molecule has 78 valence electrons. The molecule has 0 heterocycles. The van der Waals surface area contributed by atoms with E-state index in [4.69, 9.17) is 5.11 Å². The van der Waals surface area contributed by atoms with Gasteiger partial charge in [0.1, 0.15) is 0 Å². The van der Waals surface area contributed by atoms with Gasteiger partial charge in [-0.15, -0.1) is 12.4 Å². The zero-order valence-electron chi connectivity index (χ0n) is 7.64. The summed E-state index contributed by atoms with van der Waals surface area (Å²) >= 11 is 0. The van der Waals surface area contributed by atoms with Crippen molar-refractivity contribution in [3.63, 3.8) is 0 Å². The summed E-state index contributed by atoms with van der Waals surface area (Å²) in [6, 6.07) is 8.03. The number of hydroxylamine groups is 1. The summed E-state index contributed by atoms with van der Waals surface area (Å²) in [5.41, 5.74) is 3.06. The quantitative estimate of drug-likeness (QED) is 0.749. The van der Waals surface area contributed by atoms with Crippen LogP contribution in [0.25, 0.3) is 0 Å². The van der Waals surface area contributed by atoms with Crippen molar-refractivity contribution < 1.29 is 14.7 Å². The molecule has 0 radical (unpaired) electrons. The van der Waals surface area contributed by atoms with Crippen molar-refractivity contribution in [1.29, 1.82) is 0 Å². The van der Waals surface area contributed by atoms with Crippen LogP contribution in [0.2, 0.25) is 0 Å². The largest absolute Gasteiger partial charge is 0.480 e. The number of carboxylic acid groups (broad SMARTS) is 1. The summed E-state index contributed by atoms with van der Waals surface area (Å²) in [6.45, 7) is 0. The van der Waals surface area contributed by atoms with Gasteiger partial charge in [0.2, 0.25) is 0 Å². The first-order chi connectivity index (χ1) is 6.25. The number of halogens is 1. The Bertz CT molecular complexity index is 279. The van der Waals surface area contributed by atoms with Gasteiger partial charge in [-0.1, -0.05) is 30.3 Å². The number of carboxylic acids is 1. The van der Waals surface area contributed by atoms with Crippen molar-refractivity contribution in [2.24, 2.45) is 0 Å². The van der Waals surface area contributed by atoms with Gasteiger partial charge in [0.25, 0.3) is 0 Å². The number of aliphatic carboxylic acids is 1. The molecule has 4 nitrogen and oxygen atoms in total. The zero-order valence-corrected chi connectivity index (χ0v) is 8.45. The minimum atomic E-state index is -0.965. The van der Waals surface area contributed by atoms with E-state index in [0.717, 1.165) is 0 Å². The Morgan fingerprint density at radius 3 is 2.43 bits per heavy atom. The number of rotatable bonds is 4. The summed E-state index contributed by atoms with van der Waals surface area (Å²) in [7, 11) is 1.39. The average Bonchev–Trinajstić information content (AvgIpc) is 2.15. The Morgan fingerprint density at radius 2 is 2.00 bits per heavy atom. The summed E-state index contributed by atoms with van der Waals surface area (Å²) in [5, 5.41) is 8.82. The van der Waals surface area contributed by atoms with Crippen molar-refractivity contribution in [2.45, 2.75) is 6.04 Å². The van der Waals surface area contributed by atoms with Gasteiger partial charge in [-0.2, -0.15) is 5.48 Å². The van der Waals surface area contributed by atoms with Crippen molar-refractivity contribution in [3.05, 3.63) is 35.9 Å². The first-order valence-corrected chi connectivity index (χ1v) is 3.82.